The van der Waals surface area contributed by atoms with E-state index in [2.05, 4.69) is 27.3 Å². The Morgan fingerprint density at radius 3 is 2.57 bits per heavy atom. The van der Waals surface area contributed by atoms with Gasteiger partial charge in [-0.2, -0.15) is 4.52 Å². The van der Waals surface area contributed by atoms with Crippen molar-refractivity contribution >= 4 is 17.4 Å². The van der Waals surface area contributed by atoms with Crippen molar-refractivity contribution in [1.29, 1.82) is 0 Å². The fourth-order valence-corrected chi connectivity index (χ4v) is 3.70. The predicted molar refractivity (Wildman–Crippen MR) is 116 cm³/mol. The van der Waals surface area contributed by atoms with E-state index in [1.54, 1.807) is 11.6 Å². The number of methoxy groups -OCH3 is 1. The van der Waals surface area contributed by atoms with Gasteiger partial charge < -0.3 is 15.0 Å². The van der Waals surface area contributed by atoms with Crippen LogP contribution in [0.25, 0.3) is 17.0 Å². The van der Waals surface area contributed by atoms with E-state index in [4.69, 9.17) is 9.84 Å². The van der Waals surface area contributed by atoms with Gasteiger partial charge in [-0.1, -0.05) is 6.92 Å². The summed E-state index contributed by atoms with van der Waals surface area (Å²) in [6, 6.07) is 11.8. The van der Waals surface area contributed by atoms with Gasteiger partial charge in [0, 0.05) is 30.6 Å². The molecule has 3 aromatic rings. The molecule has 1 aliphatic heterocycles. The molecule has 4 rings (SSSR count). The van der Waals surface area contributed by atoms with Crippen LogP contribution < -0.4 is 15.0 Å². The van der Waals surface area contributed by atoms with Gasteiger partial charge in [-0.05, 0) is 62.6 Å². The highest BCUT2D eigenvalue weighted by Crippen LogP contribution is 2.25. The van der Waals surface area contributed by atoms with Crippen LogP contribution in [-0.4, -0.2) is 52.0 Å². The standard InChI is InChI=1S/C22H28N6O2/c1-4-15(2)23-22(29)17-11-13-27(14-12-17)20-10-9-19-24-25-21(28(19)26-20)16-5-7-18(30-3)8-6-16/h5-10,15,17H,4,11-14H2,1-3H3,(H,23,29). The van der Waals surface area contributed by atoms with Crippen molar-refractivity contribution in [2.45, 2.75) is 39.2 Å². The zero-order valence-corrected chi connectivity index (χ0v) is 17.7. The van der Waals surface area contributed by atoms with E-state index in [-0.39, 0.29) is 17.9 Å². The van der Waals surface area contributed by atoms with Crippen molar-refractivity contribution < 1.29 is 9.53 Å². The average molecular weight is 409 g/mol. The summed E-state index contributed by atoms with van der Waals surface area (Å²) in [5.41, 5.74) is 1.63. The smallest absolute Gasteiger partial charge is 0.223 e. The highest BCUT2D eigenvalue weighted by molar-refractivity contribution is 5.79. The van der Waals surface area contributed by atoms with E-state index in [1.165, 1.54) is 0 Å². The van der Waals surface area contributed by atoms with Gasteiger partial charge in [-0.3, -0.25) is 4.79 Å². The molecule has 8 heteroatoms. The first-order valence-corrected chi connectivity index (χ1v) is 10.5. The lowest BCUT2D eigenvalue weighted by atomic mass is 9.95. The lowest BCUT2D eigenvalue weighted by Crippen LogP contribution is -2.43. The maximum atomic E-state index is 12.4. The number of carbonyl (C=O) groups excluding carboxylic acids is 1. The minimum absolute atomic E-state index is 0.0729. The fraction of sp³-hybridized carbons (Fsp3) is 0.455. The molecule has 1 aromatic carbocycles. The molecule has 0 spiro atoms. The number of nitrogens with one attached hydrogen (secondary N) is 1. The van der Waals surface area contributed by atoms with Crippen LogP contribution in [-0.2, 0) is 4.79 Å². The van der Waals surface area contributed by atoms with Crippen molar-refractivity contribution in [3.8, 4) is 17.1 Å². The molecule has 0 radical (unpaired) electrons. The van der Waals surface area contributed by atoms with E-state index in [0.29, 0.717) is 11.5 Å². The summed E-state index contributed by atoms with van der Waals surface area (Å²) in [5.74, 6) is 2.60. The van der Waals surface area contributed by atoms with Crippen LogP contribution in [0, 0.1) is 5.92 Å². The molecule has 1 fully saturated rings. The molecule has 1 unspecified atom stereocenters. The number of nitrogens with zero attached hydrogens (tertiary/aromatic N) is 5. The molecule has 30 heavy (non-hydrogen) atoms. The number of amides is 1. The highest BCUT2D eigenvalue weighted by atomic mass is 16.5. The molecule has 1 N–H and O–H groups in total. The summed E-state index contributed by atoms with van der Waals surface area (Å²) < 4.78 is 7.01. The van der Waals surface area contributed by atoms with Crippen LogP contribution in [0.1, 0.15) is 33.1 Å². The van der Waals surface area contributed by atoms with Gasteiger partial charge in [0.1, 0.15) is 11.6 Å². The topological polar surface area (TPSA) is 84.7 Å². The zero-order valence-electron chi connectivity index (χ0n) is 17.7. The molecular formula is C22H28N6O2. The number of piperidine rings is 1. The second kappa shape index (κ2) is 8.69. The lowest BCUT2D eigenvalue weighted by molar-refractivity contribution is -0.126. The number of carbonyl (C=O) groups is 1. The minimum Gasteiger partial charge on any atom is -0.497 e. The van der Waals surface area contributed by atoms with Gasteiger partial charge in [-0.15, -0.1) is 15.3 Å². The van der Waals surface area contributed by atoms with Crippen molar-refractivity contribution in [1.82, 2.24) is 25.1 Å². The summed E-state index contributed by atoms with van der Waals surface area (Å²) in [4.78, 5) is 14.6. The Labute approximate surface area is 176 Å². The molecular weight excluding hydrogens is 380 g/mol. The quantitative estimate of drug-likeness (QED) is 0.675. The maximum absolute atomic E-state index is 12.4. The van der Waals surface area contributed by atoms with Crippen LogP contribution in [0.5, 0.6) is 5.75 Å². The SMILES string of the molecule is CCC(C)NC(=O)C1CCN(c2ccc3nnc(-c4ccc(OC)cc4)n3n2)CC1. The third kappa shape index (κ3) is 4.08. The average Bonchev–Trinajstić information content (AvgIpc) is 3.22. The molecule has 0 saturated carbocycles. The van der Waals surface area contributed by atoms with Crippen molar-refractivity contribution in [3.05, 3.63) is 36.4 Å². The Kier molecular flexibility index (Phi) is 5.83. The monoisotopic (exact) mass is 408 g/mol. The van der Waals surface area contributed by atoms with Crippen molar-refractivity contribution in [2.75, 3.05) is 25.1 Å². The summed E-state index contributed by atoms with van der Waals surface area (Å²) in [6.45, 7) is 5.74. The molecule has 158 valence electrons. The van der Waals surface area contributed by atoms with Crippen LogP contribution >= 0.6 is 0 Å². The second-order valence-corrected chi connectivity index (χ2v) is 7.79. The van der Waals surface area contributed by atoms with E-state index >= 15 is 0 Å². The Hall–Kier alpha value is -3.16. The Morgan fingerprint density at radius 1 is 1.17 bits per heavy atom. The van der Waals surface area contributed by atoms with Crippen molar-refractivity contribution in [2.24, 2.45) is 5.92 Å². The number of fused-ring (bicyclic) bond motifs is 1. The largest absolute Gasteiger partial charge is 0.497 e. The molecule has 1 amide bonds. The molecule has 0 bridgehead atoms. The molecule has 0 aliphatic carbocycles. The summed E-state index contributed by atoms with van der Waals surface area (Å²) >= 11 is 0. The molecule has 1 aliphatic rings. The summed E-state index contributed by atoms with van der Waals surface area (Å²) in [6.07, 6.45) is 2.61. The zero-order chi connectivity index (χ0) is 21.1. The number of hydrogen-bond acceptors (Lipinski definition) is 6. The molecule has 1 saturated heterocycles. The van der Waals surface area contributed by atoms with Crippen LogP contribution in [0.4, 0.5) is 5.82 Å². The fourth-order valence-electron chi connectivity index (χ4n) is 3.70. The van der Waals surface area contributed by atoms with Gasteiger partial charge in [0.25, 0.3) is 0 Å². The lowest BCUT2D eigenvalue weighted by Gasteiger charge is -2.32. The first-order valence-electron chi connectivity index (χ1n) is 10.5. The van der Waals surface area contributed by atoms with Gasteiger partial charge in [0.05, 0.1) is 7.11 Å². The summed E-state index contributed by atoms with van der Waals surface area (Å²) in [7, 11) is 1.65. The van der Waals surface area contributed by atoms with E-state index in [0.717, 1.165) is 49.5 Å². The normalized spacial score (nSPS) is 15.9. The van der Waals surface area contributed by atoms with Gasteiger partial charge in [0.2, 0.25) is 5.91 Å². The summed E-state index contributed by atoms with van der Waals surface area (Å²) in [5, 5.41) is 16.5. The Morgan fingerprint density at radius 2 is 1.90 bits per heavy atom. The number of hydrogen-bond donors (Lipinski definition) is 1. The van der Waals surface area contributed by atoms with Crippen LogP contribution in [0.2, 0.25) is 0 Å². The number of anilines is 1. The van der Waals surface area contributed by atoms with E-state index < -0.39 is 0 Å². The number of rotatable bonds is 6. The van der Waals surface area contributed by atoms with E-state index in [9.17, 15) is 4.79 Å². The number of ether oxygens (including phenoxy) is 1. The first-order chi connectivity index (χ1) is 14.6. The molecule has 8 nitrogen and oxygen atoms in total. The van der Waals surface area contributed by atoms with Crippen LogP contribution in [0.3, 0.4) is 0 Å². The molecule has 1 atom stereocenters. The minimum atomic E-state index is 0.0729. The van der Waals surface area contributed by atoms with Crippen molar-refractivity contribution in [3.63, 3.8) is 0 Å². The predicted octanol–water partition coefficient (Wildman–Crippen LogP) is 2.93. The Bertz CT molecular complexity index is 1010. The molecule has 3 heterocycles. The van der Waals surface area contributed by atoms with E-state index in [1.807, 2.05) is 43.3 Å². The third-order valence-electron chi connectivity index (χ3n) is 5.79. The maximum Gasteiger partial charge on any atom is 0.223 e. The number of benzene rings is 1. The first kappa shape index (κ1) is 20.1. The second-order valence-electron chi connectivity index (χ2n) is 7.79. The molecule has 2 aromatic heterocycles. The van der Waals surface area contributed by atoms with Gasteiger partial charge in [-0.25, -0.2) is 0 Å². The Balaban J connectivity index is 1.49. The van der Waals surface area contributed by atoms with Gasteiger partial charge in [0.15, 0.2) is 11.5 Å². The van der Waals surface area contributed by atoms with Gasteiger partial charge >= 0.3 is 0 Å². The third-order valence-corrected chi connectivity index (χ3v) is 5.79. The highest BCUT2D eigenvalue weighted by Gasteiger charge is 2.26. The van der Waals surface area contributed by atoms with Crippen LogP contribution in [0.15, 0.2) is 36.4 Å². The number of aromatic nitrogens is 4.